The van der Waals surface area contributed by atoms with Crippen LogP contribution in [0.3, 0.4) is 0 Å². The molecule has 0 spiro atoms. The molecule has 0 saturated carbocycles. The first kappa shape index (κ1) is 8.65. The molecular weight excluding hydrogens is 154 g/mol. The Labute approximate surface area is 70.3 Å². The van der Waals surface area contributed by atoms with Gasteiger partial charge in [0, 0.05) is 6.20 Å². The van der Waals surface area contributed by atoms with E-state index in [2.05, 4.69) is 4.98 Å². The van der Waals surface area contributed by atoms with Gasteiger partial charge >= 0.3 is 0 Å². The van der Waals surface area contributed by atoms with Gasteiger partial charge in [-0.15, -0.1) is 0 Å². The molecule has 0 bridgehead atoms. The summed E-state index contributed by atoms with van der Waals surface area (Å²) in [5, 5.41) is 17.2. The van der Waals surface area contributed by atoms with Crippen LogP contribution in [0.2, 0.25) is 0 Å². The molecule has 0 saturated heterocycles. The molecule has 4 heteroatoms. The Kier molecular flexibility index (Phi) is 2.75. The van der Waals surface area contributed by atoms with Crippen LogP contribution in [0.5, 0.6) is 0 Å². The van der Waals surface area contributed by atoms with E-state index in [9.17, 15) is 0 Å². The van der Waals surface area contributed by atoms with Crippen LogP contribution < -0.4 is 5.73 Å². The lowest BCUT2D eigenvalue weighted by Gasteiger charge is -2.06. The first-order valence-electron chi connectivity index (χ1n) is 3.50. The van der Waals surface area contributed by atoms with Gasteiger partial charge in [0.05, 0.1) is 30.0 Å². The number of aliphatic hydroxyl groups excluding tert-OH is 1. The highest BCUT2D eigenvalue weighted by Crippen LogP contribution is 2.07. The van der Waals surface area contributed by atoms with E-state index in [-0.39, 0.29) is 6.61 Å². The van der Waals surface area contributed by atoms with Gasteiger partial charge < -0.3 is 10.8 Å². The number of nitrogens with zero attached hydrogens (tertiary/aromatic N) is 2. The zero-order valence-corrected chi connectivity index (χ0v) is 6.44. The summed E-state index contributed by atoms with van der Waals surface area (Å²) < 4.78 is 0. The van der Waals surface area contributed by atoms with Crippen LogP contribution in [0.4, 0.5) is 0 Å². The maximum Gasteiger partial charge on any atom is 0.0992 e. The predicted octanol–water partition coefficient (Wildman–Crippen LogP) is -0.0546. The first-order chi connectivity index (χ1) is 5.77. The van der Waals surface area contributed by atoms with Crippen molar-refractivity contribution in [1.82, 2.24) is 4.98 Å². The number of rotatable bonds is 2. The molecular formula is C8H9N3O. The van der Waals surface area contributed by atoms with Crippen LogP contribution >= 0.6 is 0 Å². The summed E-state index contributed by atoms with van der Waals surface area (Å²) >= 11 is 0. The molecule has 0 radical (unpaired) electrons. The van der Waals surface area contributed by atoms with E-state index < -0.39 is 6.04 Å². The van der Waals surface area contributed by atoms with E-state index in [4.69, 9.17) is 16.1 Å². The normalized spacial score (nSPS) is 12.1. The SMILES string of the molecule is N#Cc1ccnc(C(N)CO)c1. The molecule has 1 heterocycles. The Balaban J connectivity index is 2.95. The topological polar surface area (TPSA) is 82.9 Å². The zero-order chi connectivity index (χ0) is 8.97. The summed E-state index contributed by atoms with van der Waals surface area (Å²) in [5.41, 5.74) is 6.54. The molecule has 0 fully saturated rings. The summed E-state index contributed by atoms with van der Waals surface area (Å²) in [7, 11) is 0. The second kappa shape index (κ2) is 3.81. The van der Waals surface area contributed by atoms with Crippen molar-refractivity contribution in [1.29, 1.82) is 5.26 Å². The molecule has 3 N–H and O–H groups in total. The molecule has 4 nitrogen and oxygen atoms in total. The quantitative estimate of drug-likeness (QED) is 0.640. The molecule has 1 aromatic heterocycles. The Bertz CT molecular complexity index is 305. The molecule has 0 aromatic carbocycles. The minimum Gasteiger partial charge on any atom is -0.394 e. The molecule has 0 aliphatic carbocycles. The number of aromatic nitrogens is 1. The number of aliphatic hydroxyl groups is 1. The van der Waals surface area contributed by atoms with Gasteiger partial charge in [-0.25, -0.2) is 0 Å². The van der Waals surface area contributed by atoms with Crippen LogP contribution in [0.1, 0.15) is 17.3 Å². The largest absolute Gasteiger partial charge is 0.394 e. The third-order valence-corrected chi connectivity index (χ3v) is 1.49. The number of hydrogen-bond donors (Lipinski definition) is 2. The van der Waals surface area contributed by atoms with Crippen LogP contribution in [0.15, 0.2) is 18.3 Å². The van der Waals surface area contributed by atoms with Crippen molar-refractivity contribution in [2.45, 2.75) is 6.04 Å². The van der Waals surface area contributed by atoms with E-state index in [1.54, 1.807) is 12.1 Å². The summed E-state index contributed by atoms with van der Waals surface area (Å²) in [6, 6.07) is 4.63. The lowest BCUT2D eigenvalue weighted by Crippen LogP contribution is -2.15. The highest BCUT2D eigenvalue weighted by molar-refractivity contribution is 5.29. The van der Waals surface area contributed by atoms with Gasteiger partial charge in [0.1, 0.15) is 0 Å². The van der Waals surface area contributed by atoms with Gasteiger partial charge in [-0.3, -0.25) is 4.98 Å². The summed E-state index contributed by atoms with van der Waals surface area (Å²) in [4.78, 5) is 3.92. The maximum atomic E-state index is 8.70. The highest BCUT2D eigenvalue weighted by atomic mass is 16.3. The van der Waals surface area contributed by atoms with Crippen molar-refractivity contribution in [3.63, 3.8) is 0 Å². The first-order valence-corrected chi connectivity index (χ1v) is 3.50. The maximum absolute atomic E-state index is 8.70. The minimum atomic E-state index is -0.502. The minimum absolute atomic E-state index is 0.165. The van der Waals surface area contributed by atoms with Gasteiger partial charge in [-0.1, -0.05) is 0 Å². The molecule has 0 amide bonds. The van der Waals surface area contributed by atoms with Gasteiger partial charge in [-0.05, 0) is 12.1 Å². The van der Waals surface area contributed by atoms with Crippen LogP contribution in [-0.2, 0) is 0 Å². The Morgan fingerprint density at radius 1 is 1.75 bits per heavy atom. The monoisotopic (exact) mass is 163 g/mol. The van der Waals surface area contributed by atoms with Crippen LogP contribution in [0, 0.1) is 11.3 Å². The standard InChI is InChI=1S/C8H9N3O/c9-4-6-1-2-11-8(3-6)7(10)5-12/h1-3,7,12H,5,10H2. The van der Waals surface area contributed by atoms with Crippen LogP contribution in [0.25, 0.3) is 0 Å². The third-order valence-electron chi connectivity index (χ3n) is 1.49. The molecule has 62 valence electrons. The number of pyridine rings is 1. The van der Waals surface area contributed by atoms with Crippen molar-refractivity contribution < 1.29 is 5.11 Å². The van der Waals surface area contributed by atoms with Gasteiger partial charge in [0.2, 0.25) is 0 Å². The summed E-state index contributed by atoms with van der Waals surface area (Å²) in [6.45, 7) is -0.165. The fourth-order valence-corrected chi connectivity index (χ4v) is 0.814. The Morgan fingerprint density at radius 2 is 2.50 bits per heavy atom. The third kappa shape index (κ3) is 1.78. The van der Waals surface area contributed by atoms with Crippen molar-refractivity contribution in [2.75, 3.05) is 6.61 Å². The average molecular weight is 163 g/mol. The smallest absolute Gasteiger partial charge is 0.0992 e. The van der Waals surface area contributed by atoms with Gasteiger partial charge in [0.25, 0.3) is 0 Å². The average Bonchev–Trinajstić information content (AvgIpc) is 2.17. The predicted molar refractivity (Wildman–Crippen MR) is 43.0 cm³/mol. The fraction of sp³-hybridized carbons (Fsp3) is 0.250. The van der Waals surface area contributed by atoms with Crippen molar-refractivity contribution >= 4 is 0 Å². The highest BCUT2D eigenvalue weighted by Gasteiger charge is 2.05. The Hall–Kier alpha value is -1.44. The summed E-state index contributed by atoms with van der Waals surface area (Å²) in [6.07, 6.45) is 1.50. The molecule has 1 atom stereocenters. The van der Waals surface area contributed by atoms with Crippen molar-refractivity contribution in [3.05, 3.63) is 29.6 Å². The second-order valence-electron chi connectivity index (χ2n) is 2.37. The molecule has 1 unspecified atom stereocenters. The number of nitriles is 1. The lowest BCUT2D eigenvalue weighted by atomic mass is 10.1. The van der Waals surface area contributed by atoms with Gasteiger partial charge in [-0.2, -0.15) is 5.26 Å². The molecule has 1 rings (SSSR count). The van der Waals surface area contributed by atoms with E-state index in [0.717, 1.165) is 0 Å². The van der Waals surface area contributed by atoms with E-state index in [1.807, 2.05) is 6.07 Å². The summed E-state index contributed by atoms with van der Waals surface area (Å²) in [5.74, 6) is 0. The molecule has 0 aliphatic heterocycles. The van der Waals surface area contributed by atoms with E-state index in [1.165, 1.54) is 6.20 Å². The van der Waals surface area contributed by atoms with E-state index in [0.29, 0.717) is 11.3 Å². The Morgan fingerprint density at radius 3 is 3.08 bits per heavy atom. The number of nitrogens with two attached hydrogens (primary N) is 1. The second-order valence-corrected chi connectivity index (χ2v) is 2.37. The molecule has 12 heavy (non-hydrogen) atoms. The van der Waals surface area contributed by atoms with Crippen molar-refractivity contribution in [2.24, 2.45) is 5.73 Å². The van der Waals surface area contributed by atoms with Crippen LogP contribution in [-0.4, -0.2) is 16.7 Å². The lowest BCUT2D eigenvalue weighted by molar-refractivity contribution is 0.266. The number of hydrogen-bond acceptors (Lipinski definition) is 4. The van der Waals surface area contributed by atoms with E-state index >= 15 is 0 Å². The fourth-order valence-electron chi connectivity index (χ4n) is 0.814. The van der Waals surface area contributed by atoms with Crippen molar-refractivity contribution in [3.8, 4) is 6.07 Å². The zero-order valence-electron chi connectivity index (χ0n) is 6.44. The molecule has 1 aromatic rings. The molecule has 0 aliphatic rings. The van der Waals surface area contributed by atoms with Gasteiger partial charge in [0.15, 0.2) is 0 Å².